The van der Waals surface area contributed by atoms with Gasteiger partial charge in [-0.05, 0) is 54.2 Å². The van der Waals surface area contributed by atoms with Crippen molar-refractivity contribution in [2.24, 2.45) is 0 Å². The van der Waals surface area contributed by atoms with Crippen molar-refractivity contribution >= 4 is 29.3 Å². The van der Waals surface area contributed by atoms with E-state index >= 15 is 0 Å². The van der Waals surface area contributed by atoms with Gasteiger partial charge in [-0.15, -0.1) is 0 Å². The molecule has 3 rings (SSSR count). The van der Waals surface area contributed by atoms with Gasteiger partial charge in [-0.2, -0.15) is 0 Å². The van der Waals surface area contributed by atoms with Crippen molar-refractivity contribution in [3.8, 4) is 11.4 Å². The number of hydrogen-bond acceptors (Lipinski definition) is 3. The molecule has 0 bridgehead atoms. The number of benzene rings is 1. The fourth-order valence-corrected chi connectivity index (χ4v) is 2.27. The molecule has 0 saturated carbocycles. The first-order valence-electron chi connectivity index (χ1n) is 6.32. The maximum absolute atomic E-state index is 11.6. The van der Waals surface area contributed by atoms with Crippen molar-refractivity contribution in [1.29, 1.82) is 0 Å². The number of ether oxygens (including phenoxy) is 1. The van der Waals surface area contributed by atoms with Crippen molar-refractivity contribution in [3.05, 3.63) is 54.0 Å². The number of aromatic nitrogens is 1. The summed E-state index contributed by atoms with van der Waals surface area (Å²) in [6, 6.07) is 9.65. The Morgan fingerprint density at radius 1 is 1.19 bits per heavy atom. The lowest BCUT2D eigenvalue weighted by Gasteiger charge is -2.04. The molecular weight excluding hydrogens is 286 g/mol. The lowest BCUT2D eigenvalue weighted by molar-refractivity contribution is -0.115. The Bertz CT molecular complexity index is 732. The number of rotatable bonds is 3. The van der Waals surface area contributed by atoms with Crippen LogP contribution >= 0.6 is 12.2 Å². The van der Waals surface area contributed by atoms with Gasteiger partial charge in [-0.1, -0.05) is 0 Å². The highest BCUT2D eigenvalue weighted by Crippen LogP contribution is 2.17. The molecule has 0 unspecified atom stereocenters. The van der Waals surface area contributed by atoms with E-state index in [-0.39, 0.29) is 5.91 Å². The van der Waals surface area contributed by atoms with E-state index in [1.54, 1.807) is 13.2 Å². The van der Waals surface area contributed by atoms with E-state index in [1.165, 1.54) is 0 Å². The summed E-state index contributed by atoms with van der Waals surface area (Å²) in [6.45, 7) is 0. The standard InChI is InChI=1S/C15H13N3O2S/c1-20-12-4-2-11(3-5-12)18-7-6-10(9-18)8-13-14(19)17-15(21)16-13/h2-9H,1H3,(H2,16,17,19,21)/b13-8-. The Morgan fingerprint density at radius 2 is 1.95 bits per heavy atom. The minimum Gasteiger partial charge on any atom is -0.497 e. The summed E-state index contributed by atoms with van der Waals surface area (Å²) in [5.74, 6) is 0.603. The minimum atomic E-state index is -0.211. The molecule has 1 amide bonds. The van der Waals surface area contributed by atoms with Crippen molar-refractivity contribution in [2.75, 3.05) is 7.11 Å². The zero-order chi connectivity index (χ0) is 14.8. The average Bonchev–Trinajstić information content (AvgIpc) is 3.07. The van der Waals surface area contributed by atoms with E-state index < -0.39 is 0 Å². The molecule has 2 aromatic rings. The van der Waals surface area contributed by atoms with E-state index in [0.29, 0.717) is 10.8 Å². The molecule has 1 aromatic heterocycles. The van der Waals surface area contributed by atoms with Crippen LogP contribution in [0.15, 0.2) is 48.4 Å². The Balaban J connectivity index is 1.84. The second-order valence-electron chi connectivity index (χ2n) is 4.52. The van der Waals surface area contributed by atoms with Crippen molar-refractivity contribution < 1.29 is 9.53 Å². The van der Waals surface area contributed by atoms with Gasteiger partial charge < -0.3 is 14.6 Å². The summed E-state index contributed by atoms with van der Waals surface area (Å²) in [6.07, 6.45) is 5.62. The van der Waals surface area contributed by atoms with E-state index in [4.69, 9.17) is 17.0 Å². The number of carbonyl (C=O) groups is 1. The summed E-state index contributed by atoms with van der Waals surface area (Å²) in [5.41, 5.74) is 2.38. The van der Waals surface area contributed by atoms with Crippen LogP contribution < -0.4 is 15.4 Å². The SMILES string of the molecule is COc1ccc(-n2ccc(/C=C3\NC(=S)NC3=O)c2)cc1. The Labute approximate surface area is 127 Å². The maximum atomic E-state index is 11.6. The molecule has 2 heterocycles. The average molecular weight is 299 g/mol. The number of carbonyl (C=O) groups excluding carboxylic acids is 1. The zero-order valence-corrected chi connectivity index (χ0v) is 12.1. The Kier molecular flexibility index (Phi) is 3.45. The van der Waals surface area contributed by atoms with Crippen LogP contribution in [0, 0.1) is 0 Å². The molecule has 1 fully saturated rings. The van der Waals surface area contributed by atoms with Gasteiger partial charge in [0, 0.05) is 18.1 Å². The lowest BCUT2D eigenvalue weighted by atomic mass is 10.2. The molecule has 1 aromatic carbocycles. The van der Waals surface area contributed by atoms with Gasteiger partial charge in [0.05, 0.1) is 7.11 Å². The molecule has 1 saturated heterocycles. The summed E-state index contributed by atoms with van der Waals surface area (Å²) in [5, 5.41) is 5.69. The fourth-order valence-electron chi connectivity index (χ4n) is 2.06. The molecular formula is C15H13N3O2S. The molecule has 2 N–H and O–H groups in total. The molecule has 21 heavy (non-hydrogen) atoms. The number of amides is 1. The van der Waals surface area contributed by atoms with Gasteiger partial charge in [0.2, 0.25) is 0 Å². The second kappa shape index (κ2) is 5.41. The molecule has 0 radical (unpaired) electrons. The number of methoxy groups -OCH3 is 1. The highest BCUT2D eigenvalue weighted by Gasteiger charge is 2.19. The summed E-state index contributed by atoms with van der Waals surface area (Å²) < 4.78 is 7.11. The lowest BCUT2D eigenvalue weighted by Crippen LogP contribution is -2.21. The molecule has 0 spiro atoms. The molecule has 106 valence electrons. The van der Waals surface area contributed by atoms with Gasteiger partial charge in [-0.3, -0.25) is 10.1 Å². The normalized spacial score (nSPS) is 16.0. The number of thiocarbonyl (C=S) groups is 1. The second-order valence-corrected chi connectivity index (χ2v) is 4.92. The van der Waals surface area contributed by atoms with Crippen LogP contribution in [-0.4, -0.2) is 22.7 Å². The van der Waals surface area contributed by atoms with Gasteiger partial charge >= 0.3 is 0 Å². The molecule has 1 aliphatic heterocycles. The first kappa shape index (κ1) is 13.4. The van der Waals surface area contributed by atoms with Gasteiger partial charge in [0.1, 0.15) is 11.4 Å². The van der Waals surface area contributed by atoms with Crippen molar-refractivity contribution in [2.45, 2.75) is 0 Å². The van der Waals surface area contributed by atoms with Crippen LogP contribution in [-0.2, 0) is 4.79 Å². The van der Waals surface area contributed by atoms with E-state index in [2.05, 4.69) is 10.6 Å². The predicted octanol–water partition coefficient (Wildman–Crippen LogP) is 1.83. The molecule has 0 atom stereocenters. The first-order chi connectivity index (χ1) is 10.2. The monoisotopic (exact) mass is 299 g/mol. The fraction of sp³-hybridized carbons (Fsp3) is 0.0667. The molecule has 6 heteroatoms. The first-order valence-corrected chi connectivity index (χ1v) is 6.73. The Morgan fingerprint density at radius 3 is 2.57 bits per heavy atom. The maximum Gasteiger partial charge on any atom is 0.273 e. The molecule has 5 nitrogen and oxygen atoms in total. The predicted molar refractivity (Wildman–Crippen MR) is 84.2 cm³/mol. The van der Waals surface area contributed by atoms with Crippen molar-refractivity contribution in [3.63, 3.8) is 0 Å². The van der Waals surface area contributed by atoms with Crippen LogP contribution in [0.1, 0.15) is 5.56 Å². The van der Waals surface area contributed by atoms with Crippen LogP contribution in [0.4, 0.5) is 0 Å². The molecule has 0 aliphatic carbocycles. The third-order valence-corrected chi connectivity index (χ3v) is 3.32. The number of nitrogens with one attached hydrogen (secondary N) is 2. The highest BCUT2D eigenvalue weighted by molar-refractivity contribution is 7.80. The van der Waals surface area contributed by atoms with E-state index in [9.17, 15) is 4.79 Å². The summed E-state index contributed by atoms with van der Waals surface area (Å²) in [7, 11) is 1.64. The van der Waals surface area contributed by atoms with Crippen LogP contribution in [0.3, 0.4) is 0 Å². The Hall–Kier alpha value is -2.60. The third kappa shape index (κ3) is 2.80. The van der Waals surface area contributed by atoms with Gasteiger partial charge in [0.15, 0.2) is 5.11 Å². The van der Waals surface area contributed by atoms with Crippen LogP contribution in [0.25, 0.3) is 11.8 Å². The molecule has 1 aliphatic rings. The minimum absolute atomic E-state index is 0.211. The van der Waals surface area contributed by atoms with E-state index in [1.807, 2.05) is 47.3 Å². The third-order valence-electron chi connectivity index (χ3n) is 3.12. The van der Waals surface area contributed by atoms with Crippen LogP contribution in [0.2, 0.25) is 0 Å². The smallest absolute Gasteiger partial charge is 0.273 e. The zero-order valence-electron chi connectivity index (χ0n) is 11.3. The summed E-state index contributed by atoms with van der Waals surface area (Å²) >= 11 is 4.89. The largest absolute Gasteiger partial charge is 0.497 e. The quantitative estimate of drug-likeness (QED) is 0.671. The van der Waals surface area contributed by atoms with Gasteiger partial charge in [0.25, 0.3) is 5.91 Å². The number of hydrogen-bond donors (Lipinski definition) is 2. The highest BCUT2D eigenvalue weighted by atomic mass is 32.1. The van der Waals surface area contributed by atoms with Crippen LogP contribution in [0.5, 0.6) is 5.75 Å². The topological polar surface area (TPSA) is 55.3 Å². The van der Waals surface area contributed by atoms with Crippen molar-refractivity contribution in [1.82, 2.24) is 15.2 Å². The van der Waals surface area contributed by atoms with E-state index in [0.717, 1.165) is 17.0 Å². The summed E-state index contributed by atoms with van der Waals surface area (Å²) in [4.78, 5) is 11.6. The van der Waals surface area contributed by atoms with Gasteiger partial charge in [-0.25, -0.2) is 0 Å². The number of nitrogens with zero attached hydrogens (tertiary/aromatic N) is 1.